The third kappa shape index (κ3) is 4.28. The van der Waals surface area contributed by atoms with Gasteiger partial charge >= 0.3 is 5.69 Å². The van der Waals surface area contributed by atoms with Crippen molar-refractivity contribution in [1.29, 1.82) is 0 Å². The van der Waals surface area contributed by atoms with Gasteiger partial charge in [-0.15, -0.1) is 5.10 Å². The van der Waals surface area contributed by atoms with Crippen LogP contribution in [0.2, 0.25) is 5.02 Å². The molecule has 1 aliphatic rings. The highest BCUT2D eigenvalue weighted by molar-refractivity contribution is 6.35. The van der Waals surface area contributed by atoms with Crippen molar-refractivity contribution in [2.24, 2.45) is 0 Å². The summed E-state index contributed by atoms with van der Waals surface area (Å²) >= 11 is 6.22. The second-order valence-electron chi connectivity index (χ2n) is 7.28. The number of rotatable bonds is 6. The molecule has 0 amide bonds. The highest BCUT2D eigenvalue weighted by Gasteiger charge is 2.26. The number of halogens is 1. The zero-order valence-electron chi connectivity index (χ0n) is 16.7. The molecule has 2 N–H and O–H groups in total. The number of anilines is 2. The number of aromatic amines is 1. The third-order valence-electron chi connectivity index (χ3n) is 5.28. The molecule has 1 aromatic carbocycles. The predicted octanol–water partition coefficient (Wildman–Crippen LogP) is 4.54. The fourth-order valence-electron chi connectivity index (χ4n) is 3.62. The Kier molecular flexibility index (Phi) is 5.97. The minimum Gasteiger partial charge on any atom is -0.381 e. The Labute approximate surface area is 182 Å². The van der Waals surface area contributed by atoms with Gasteiger partial charge in [-0.2, -0.15) is 0 Å². The number of nitrogens with one attached hydrogen (secondary N) is 2. The topological polar surface area (TPSA) is 123 Å². The van der Waals surface area contributed by atoms with Crippen molar-refractivity contribution in [3.8, 4) is 0 Å². The molecule has 4 rings (SSSR count). The first kappa shape index (κ1) is 21.0. The maximum atomic E-state index is 13.2. The van der Waals surface area contributed by atoms with E-state index in [2.05, 4.69) is 20.5 Å². The molecule has 1 aliphatic heterocycles. The molecular weight excluding hydrogens is 422 g/mol. The summed E-state index contributed by atoms with van der Waals surface area (Å²) in [5, 5.41) is 21.4. The molecule has 1 saturated heterocycles. The molecule has 31 heavy (non-hydrogen) atoms. The lowest BCUT2D eigenvalue weighted by Crippen LogP contribution is -2.16. The van der Waals surface area contributed by atoms with Gasteiger partial charge in [-0.05, 0) is 38.0 Å². The monoisotopic (exact) mass is 441 g/mol. The van der Waals surface area contributed by atoms with Gasteiger partial charge in [0.15, 0.2) is 5.78 Å². The zero-order valence-corrected chi connectivity index (χ0v) is 17.5. The van der Waals surface area contributed by atoms with Gasteiger partial charge in [0.25, 0.3) is 0 Å². The molecule has 0 unspecified atom stereocenters. The molecule has 0 bridgehead atoms. The van der Waals surface area contributed by atoms with Crippen molar-refractivity contribution in [2.75, 3.05) is 18.5 Å². The van der Waals surface area contributed by atoms with Gasteiger partial charge in [0.2, 0.25) is 5.82 Å². The largest absolute Gasteiger partial charge is 0.381 e. The molecule has 9 nitrogen and oxygen atoms in total. The summed E-state index contributed by atoms with van der Waals surface area (Å²) in [4.78, 5) is 28.7. The molecule has 0 saturated carbocycles. The highest BCUT2D eigenvalue weighted by atomic mass is 35.5. The Morgan fingerprint density at radius 2 is 2.03 bits per heavy atom. The van der Waals surface area contributed by atoms with Crippen molar-refractivity contribution in [3.63, 3.8) is 0 Å². The van der Waals surface area contributed by atoms with E-state index >= 15 is 0 Å². The van der Waals surface area contributed by atoms with E-state index < -0.39 is 4.92 Å². The summed E-state index contributed by atoms with van der Waals surface area (Å²) in [5.41, 5.74) is 1.87. The first-order valence-corrected chi connectivity index (χ1v) is 10.2. The van der Waals surface area contributed by atoms with Gasteiger partial charge in [-0.3, -0.25) is 25.0 Å². The van der Waals surface area contributed by atoms with Crippen LogP contribution in [0.25, 0.3) is 0 Å². The lowest BCUT2D eigenvalue weighted by Gasteiger charge is -2.22. The number of benzene rings is 1. The number of carbonyl (C=O) groups is 1. The number of carbonyl (C=O) groups excluding carboxylic acids is 1. The van der Waals surface area contributed by atoms with E-state index in [1.54, 1.807) is 37.3 Å². The van der Waals surface area contributed by atoms with Gasteiger partial charge in [-0.25, -0.2) is 0 Å². The highest BCUT2D eigenvalue weighted by Crippen LogP contribution is 2.34. The number of ether oxygens (including phenoxy) is 1. The van der Waals surface area contributed by atoms with Gasteiger partial charge in [-0.1, -0.05) is 23.7 Å². The fraction of sp³-hybridized carbons (Fsp3) is 0.286. The lowest BCUT2D eigenvalue weighted by atomic mass is 9.94. The van der Waals surface area contributed by atoms with Crippen LogP contribution >= 0.6 is 11.6 Å². The number of pyridine rings is 1. The number of aromatic nitrogens is 3. The van der Waals surface area contributed by atoms with Crippen molar-refractivity contribution >= 4 is 34.6 Å². The molecule has 0 radical (unpaired) electrons. The summed E-state index contributed by atoms with van der Waals surface area (Å²) < 4.78 is 5.42. The van der Waals surface area contributed by atoms with E-state index in [1.165, 1.54) is 6.20 Å². The second kappa shape index (κ2) is 8.83. The van der Waals surface area contributed by atoms with E-state index in [0.717, 1.165) is 18.5 Å². The number of H-pyrrole nitrogens is 1. The molecular formula is C21H20ClN5O4. The lowest BCUT2D eigenvalue weighted by molar-refractivity contribution is -0.384. The van der Waals surface area contributed by atoms with Crippen LogP contribution in [0.5, 0.6) is 0 Å². The standard InChI is InChI=1S/C21H20ClN5O4/c1-12-19(27(29)30)21(26-25-12)24-18-10-17(13-6-8-31-9-7-13)23-11-15(18)20(28)14-4-2-3-5-16(14)22/h2-5,10-11,13H,6-9H2,1H3,(H2,23,24,25,26). The number of hydrogen-bond acceptors (Lipinski definition) is 7. The molecule has 3 aromatic rings. The number of aryl methyl sites for hydroxylation is 1. The Balaban J connectivity index is 1.78. The van der Waals surface area contributed by atoms with E-state index in [0.29, 0.717) is 35.2 Å². The summed E-state index contributed by atoms with van der Waals surface area (Å²) in [6.45, 7) is 2.84. The maximum Gasteiger partial charge on any atom is 0.333 e. The summed E-state index contributed by atoms with van der Waals surface area (Å²) in [6, 6.07) is 8.47. The van der Waals surface area contributed by atoms with Gasteiger partial charge < -0.3 is 10.1 Å². The van der Waals surface area contributed by atoms with Crippen LogP contribution in [0.1, 0.15) is 46.1 Å². The van der Waals surface area contributed by atoms with E-state index in [9.17, 15) is 14.9 Å². The Bertz CT molecular complexity index is 1140. The van der Waals surface area contributed by atoms with Crippen molar-refractivity contribution in [3.05, 3.63) is 74.2 Å². The average molecular weight is 442 g/mol. The van der Waals surface area contributed by atoms with E-state index in [4.69, 9.17) is 16.3 Å². The van der Waals surface area contributed by atoms with Gasteiger partial charge in [0.1, 0.15) is 5.69 Å². The zero-order chi connectivity index (χ0) is 22.0. The van der Waals surface area contributed by atoms with Crippen LogP contribution in [-0.4, -0.2) is 39.1 Å². The van der Waals surface area contributed by atoms with E-state index in [-0.39, 0.29) is 28.8 Å². The minimum absolute atomic E-state index is 0.0276. The van der Waals surface area contributed by atoms with Crippen molar-refractivity contribution < 1.29 is 14.5 Å². The molecule has 160 valence electrons. The minimum atomic E-state index is -0.517. The molecule has 0 spiro atoms. The van der Waals surface area contributed by atoms with Crippen LogP contribution in [-0.2, 0) is 4.74 Å². The number of nitrogens with zero attached hydrogens (tertiary/aromatic N) is 3. The van der Waals surface area contributed by atoms with Crippen LogP contribution in [0, 0.1) is 17.0 Å². The smallest absolute Gasteiger partial charge is 0.333 e. The number of hydrogen-bond donors (Lipinski definition) is 2. The fourth-order valence-corrected chi connectivity index (χ4v) is 3.85. The third-order valence-corrected chi connectivity index (χ3v) is 5.61. The summed E-state index contributed by atoms with van der Waals surface area (Å²) in [7, 11) is 0. The maximum absolute atomic E-state index is 13.2. The number of nitro groups is 1. The first-order valence-electron chi connectivity index (χ1n) is 9.79. The molecule has 1 fully saturated rings. The second-order valence-corrected chi connectivity index (χ2v) is 7.69. The average Bonchev–Trinajstić information content (AvgIpc) is 3.14. The first-order chi connectivity index (χ1) is 15.0. The summed E-state index contributed by atoms with van der Waals surface area (Å²) in [6.07, 6.45) is 3.11. The predicted molar refractivity (Wildman–Crippen MR) is 115 cm³/mol. The molecule has 3 heterocycles. The molecule has 10 heteroatoms. The SMILES string of the molecule is Cc1[nH]nc(Nc2cc(C3CCOCC3)ncc2C(=O)c2ccccc2Cl)c1[N+](=O)[O-]. The number of ketones is 1. The van der Waals surface area contributed by atoms with Crippen LogP contribution < -0.4 is 5.32 Å². The molecule has 2 aromatic heterocycles. The van der Waals surface area contributed by atoms with E-state index in [1.807, 2.05) is 0 Å². The quantitative estimate of drug-likeness (QED) is 0.327. The Morgan fingerprint density at radius 1 is 1.29 bits per heavy atom. The van der Waals surface area contributed by atoms with Crippen molar-refractivity contribution in [2.45, 2.75) is 25.7 Å². The molecule has 0 aliphatic carbocycles. The Morgan fingerprint density at radius 3 is 2.74 bits per heavy atom. The van der Waals surface area contributed by atoms with Crippen molar-refractivity contribution in [1.82, 2.24) is 15.2 Å². The normalized spacial score (nSPS) is 14.4. The van der Waals surface area contributed by atoms with Crippen LogP contribution in [0.4, 0.5) is 17.2 Å². The van der Waals surface area contributed by atoms with Gasteiger partial charge in [0.05, 0.1) is 21.2 Å². The summed E-state index contributed by atoms with van der Waals surface area (Å²) in [5.74, 6) is -0.136. The molecule has 0 atom stereocenters. The Hall–Kier alpha value is -3.30. The van der Waals surface area contributed by atoms with Crippen LogP contribution in [0.3, 0.4) is 0 Å². The van der Waals surface area contributed by atoms with Crippen LogP contribution in [0.15, 0.2) is 36.5 Å². The van der Waals surface area contributed by atoms with Gasteiger partial charge in [0, 0.05) is 36.6 Å².